The average molecular weight is 371 g/mol. The number of carbonyl (C=O) groups is 2. The van der Waals surface area contributed by atoms with Crippen LogP contribution in [0.2, 0.25) is 0 Å². The van der Waals surface area contributed by atoms with Crippen LogP contribution >= 0.6 is 0 Å². The van der Waals surface area contributed by atoms with Crippen molar-refractivity contribution in [2.45, 2.75) is 37.9 Å². The van der Waals surface area contributed by atoms with Crippen molar-refractivity contribution < 1.29 is 34.0 Å². The van der Waals surface area contributed by atoms with Gasteiger partial charge in [-0.05, 0) is 0 Å². The molecule has 2 heterocycles. The van der Waals surface area contributed by atoms with Gasteiger partial charge in [-0.25, -0.2) is 4.79 Å². The number of hydrogen-bond acceptors (Lipinski definition) is 9. The number of aliphatic hydroxyl groups is 2. The molecule has 0 aromatic carbocycles. The largest absolute Gasteiger partial charge is 0.481 e. The van der Waals surface area contributed by atoms with E-state index >= 15 is 0 Å². The summed E-state index contributed by atoms with van der Waals surface area (Å²) >= 11 is 0. The molecule has 1 aliphatic heterocycles. The highest BCUT2D eigenvalue weighted by Crippen LogP contribution is 2.35. The van der Waals surface area contributed by atoms with Crippen LogP contribution in [-0.4, -0.2) is 63.7 Å². The van der Waals surface area contributed by atoms with E-state index in [2.05, 4.69) is 4.98 Å². The zero-order valence-electron chi connectivity index (χ0n) is 14.5. The fraction of sp³-hybridized carbons (Fsp3) is 0.600. The van der Waals surface area contributed by atoms with E-state index in [9.17, 15) is 24.6 Å². The van der Waals surface area contributed by atoms with E-state index in [1.807, 2.05) is 0 Å². The topological polar surface area (TPSA) is 163 Å². The molecule has 0 spiro atoms. The number of esters is 1. The Kier molecular flexibility index (Phi) is 5.64. The minimum atomic E-state index is -2.41. The van der Waals surface area contributed by atoms with E-state index in [4.69, 9.17) is 19.9 Å². The van der Waals surface area contributed by atoms with E-state index in [0.717, 1.165) is 6.20 Å². The molecular weight excluding hydrogens is 350 g/mol. The Morgan fingerprint density at radius 2 is 2.12 bits per heavy atom. The van der Waals surface area contributed by atoms with Gasteiger partial charge in [-0.1, -0.05) is 13.8 Å². The predicted molar refractivity (Wildman–Crippen MR) is 84.9 cm³/mol. The Bertz CT molecular complexity index is 749. The summed E-state index contributed by atoms with van der Waals surface area (Å²) < 4.78 is 15.9. The third kappa shape index (κ3) is 3.28. The third-order valence-electron chi connectivity index (χ3n) is 4.00. The molecule has 26 heavy (non-hydrogen) atoms. The molecule has 1 saturated heterocycles. The summed E-state index contributed by atoms with van der Waals surface area (Å²) in [5.41, 5.74) is 1.96. The summed E-state index contributed by atoms with van der Waals surface area (Å²) in [6.45, 7) is 2.78. The van der Waals surface area contributed by atoms with Gasteiger partial charge in [-0.3, -0.25) is 14.2 Å². The SMILES string of the molecule is COc1ccn(C2(C(N)=O)OC(COC(=O)C(C)C)C(O)C2O)c(=O)n1. The number of amides is 1. The lowest BCUT2D eigenvalue weighted by atomic mass is 10.0. The maximum Gasteiger partial charge on any atom is 0.353 e. The molecular formula is C15H21N3O8. The van der Waals surface area contributed by atoms with Crippen molar-refractivity contribution in [3.8, 4) is 5.88 Å². The number of ether oxygens (including phenoxy) is 3. The van der Waals surface area contributed by atoms with Gasteiger partial charge in [-0.15, -0.1) is 0 Å². The number of rotatable bonds is 6. The molecule has 11 nitrogen and oxygen atoms in total. The van der Waals surface area contributed by atoms with Crippen LogP contribution in [0.25, 0.3) is 0 Å². The number of nitrogens with two attached hydrogens (primary N) is 1. The van der Waals surface area contributed by atoms with Gasteiger partial charge in [0, 0.05) is 12.3 Å². The fourth-order valence-electron chi connectivity index (χ4n) is 2.54. The first-order valence-electron chi connectivity index (χ1n) is 7.79. The molecule has 1 aliphatic rings. The predicted octanol–water partition coefficient (Wildman–Crippen LogP) is -2.29. The molecule has 0 saturated carbocycles. The molecule has 144 valence electrons. The summed E-state index contributed by atoms with van der Waals surface area (Å²) in [6, 6.07) is 1.25. The van der Waals surface area contributed by atoms with Crippen LogP contribution in [-0.2, 0) is 24.8 Å². The molecule has 0 aliphatic carbocycles. The molecule has 1 amide bonds. The van der Waals surface area contributed by atoms with Gasteiger partial charge in [0.2, 0.25) is 5.88 Å². The summed E-state index contributed by atoms with van der Waals surface area (Å²) in [4.78, 5) is 39.4. The first-order valence-corrected chi connectivity index (χ1v) is 7.79. The van der Waals surface area contributed by atoms with Crippen molar-refractivity contribution in [3.63, 3.8) is 0 Å². The molecule has 4 unspecified atom stereocenters. The highest BCUT2D eigenvalue weighted by atomic mass is 16.6. The zero-order chi connectivity index (χ0) is 19.6. The standard InChI is InChI=1S/C15H21N3O8/c1-7(2)12(21)25-6-8-10(19)11(20)15(26-8,13(16)22)18-5-4-9(24-3)17-14(18)23/h4-5,7-8,10-11,19-20H,6H2,1-3H3,(H2,16,22). The van der Waals surface area contributed by atoms with Crippen LogP contribution < -0.4 is 16.2 Å². The highest BCUT2D eigenvalue weighted by Gasteiger charge is 2.60. The number of nitrogens with zero attached hydrogens (tertiary/aromatic N) is 2. The third-order valence-corrected chi connectivity index (χ3v) is 4.00. The summed E-state index contributed by atoms with van der Waals surface area (Å²) in [6.07, 6.45) is -3.72. The molecule has 4 atom stereocenters. The van der Waals surface area contributed by atoms with Gasteiger partial charge in [0.15, 0.2) is 0 Å². The number of methoxy groups -OCH3 is 1. The monoisotopic (exact) mass is 371 g/mol. The van der Waals surface area contributed by atoms with E-state index in [1.54, 1.807) is 13.8 Å². The highest BCUT2D eigenvalue weighted by molar-refractivity contribution is 5.82. The lowest BCUT2D eigenvalue weighted by Gasteiger charge is -2.30. The second-order valence-electron chi connectivity index (χ2n) is 6.06. The van der Waals surface area contributed by atoms with Crippen LogP contribution in [0.15, 0.2) is 17.1 Å². The molecule has 0 bridgehead atoms. The number of primary amides is 1. The van der Waals surface area contributed by atoms with E-state index < -0.39 is 54.1 Å². The molecule has 1 fully saturated rings. The van der Waals surface area contributed by atoms with E-state index in [1.165, 1.54) is 13.2 Å². The Balaban J connectivity index is 2.38. The van der Waals surface area contributed by atoms with Crippen LogP contribution in [0.4, 0.5) is 0 Å². The van der Waals surface area contributed by atoms with Crippen LogP contribution in [0.3, 0.4) is 0 Å². The average Bonchev–Trinajstić information content (AvgIpc) is 2.85. The second kappa shape index (κ2) is 7.40. The van der Waals surface area contributed by atoms with Gasteiger partial charge in [-0.2, -0.15) is 4.98 Å². The van der Waals surface area contributed by atoms with Gasteiger partial charge in [0.1, 0.15) is 24.9 Å². The quantitative estimate of drug-likeness (QED) is 0.467. The molecule has 11 heteroatoms. The molecule has 2 rings (SSSR count). The second-order valence-corrected chi connectivity index (χ2v) is 6.06. The van der Waals surface area contributed by atoms with Gasteiger partial charge in [0.25, 0.3) is 11.6 Å². The Morgan fingerprint density at radius 1 is 1.46 bits per heavy atom. The van der Waals surface area contributed by atoms with E-state index in [0.29, 0.717) is 4.57 Å². The summed E-state index contributed by atoms with van der Waals surface area (Å²) in [7, 11) is 1.29. The number of aromatic nitrogens is 2. The lowest BCUT2D eigenvalue weighted by Crippen LogP contribution is -2.58. The van der Waals surface area contributed by atoms with Gasteiger partial charge in [0.05, 0.1) is 13.0 Å². The van der Waals surface area contributed by atoms with Crippen molar-refractivity contribution >= 4 is 11.9 Å². The molecule has 1 aromatic rings. The Morgan fingerprint density at radius 3 is 2.62 bits per heavy atom. The molecule has 0 radical (unpaired) electrons. The van der Waals surface area contributed by atoms with Crippen LogP contribution in [0.5, 0.6) is 5.88 Å². The van der Waals surface area contributed by atoms with Gasteiger partial charge >= 0.3 is 11.7 Å². The minimum Gasteiger partial charge on any atom is -0.481 e. The zero-order valence-corrected chi connectivity index (χ0v) is 14.5. The number of aliphatic hydroxyl groups excluding tert-OH is 2. The maximum atomic E-state index is 12.2. The molecule has 1 aromatic heterocycles. The first kappa shape index (κ1) is 19.8. The first-order chi connectivity index (χ1) is 12.1. The number of carbonyl (C=O) groups excluding carboxylic acids is 2. The molecule has 4 N–H and O–H groups in total. The normalized spacial score (nSPS) is 28.2. The lowest BCUT2D eigenvalue weighted by molar-refractivity contribution is -0.178. The summed E-state index contributed by atoms with van der Waals surface area (Å²) in [5, 5.41) is 20.6. The smallest absolute Gasteiger partial charge is 0.353 e. The van der Waals surface area contributed by atoms with Crippen molar-refractivity contribution in [2.24, 2.45) is 11.7 Å². The van der Waals surface area contributed by atoms with Crippen molar-refractivity contribution in [1.82, 2.24) is 9.55 Å². The summed E-state index contributed by atoms with van der Waals surface area (Å²) in [5.74, 6) is -2.24. The maximum absolute atomic E-state index is 12.2. The van der Waals surface area contributed by atoms with Gasteiger partial charge < -0.3 is 30.2 Å². The fourth-order valence-corrected chi connectivity index (χ4v) is 2.54. The van der Waals surface area contributed by atoms with Crippen LogP contribution in [0, 0.1) is 5.92 Å². The minimum absolute atomic E-state index is 0.0266. The van der Waals surface area contributed by atoms with Crippen molar-refractivity contribution in [3.05, 3.63) is 22.7 Å². The number of hydrogen-bond donors (Lipinski definition) is 3. The Labute approximate surface area is 148 Å². The van der Waals surface area contributed by atoms with Crippen molar-refractivity contribution in [1.29, 1.82) is 0 Å². The van der Waals surface area contributed by atoms with Crippen LogP contribution in [0.1, 0.15) is 13.8 Å². The van der Waals surface area contributed by atoms with E-state index in [-0.39, 0.29) is 5.88 Å². The Hall–Kier alpha value is -2.50. The van der Waals surface area contributed by atoms with Crippen molar-refractivity contribution in [2.75, 3.05) is 13.7 Å².